The monoisotopic (exact) mass is 357 g/mol. The molecule has 0 radical (unpaired) electrons. The van der Waals surface area contributed by atoms with Gasteiger partial charge in [0.25, 0.3) is 0 Å². The third kappa shape index (κ3) is 1.93. The Hall–Kier alpha value is 0.390. The molecule has 0 unspecified atom stereocenters. The predicted octanol–water partition coefficient (Wildman–Crippen LogP) is 3.21. The van der Waals surface area contributed by atoms with Crippen LogP contribution in [0.3, 0.4) is 0 Å². The molecule has 1 nitrogen and oxygen atoms in total. The molecule has 1 rings (SSSR count). The van der Waals surface area contributed by atoms with Gasteiger partial charge in [0.15, 0.2) is 0 Å². The highest BCUT2D eigenvalue weighted by atomic mass is 127. The summed E-state index contributed by atoms with van der Waals surface area (Å²) in [5, 5.41) is 0. The third-order valence-electron chi connectivity index (χ3n) is 1.13. The van der Waals surface area contributed by atoms with E-state index in [-0.39, 0.29) is 0 Å². The molecule has 0 atom stereocenters. The number of hydrogen-bond acceptors (Lipinski definition) is 1. The average Bonchev–Trinajstić information content (AvgIpc) is 2.04. The zero-order chi connectivity index (χ0) is 7.56. The van der Waals surface area contributed by atoms with Crippen LogP contribution < -0.4 is 0 Å². The Kier molecular flexibility index (Phi) is 3.13. The molecule has 3 heteroatoms. The molecule has 1 aliphatic heterocycles. The van der Waals surface area contributed by atoms with E-state index >= 15 is 0 Å². The van der Waals surface area contributed by atoms with Gasteiger partial charge in [0, 0.05) is 9.66 Å². The van der Waals surface area contributed by atoms with Gasteiger partial charge in [-0.1, -0.05) is 0 Å². The Morgan fingerprint density at radius 2 is 2.20 bits per heavy atom. The summed E-state index contributed by atoms with van der Waals surface area (Å²) in [6, 6.07) is 0. The van der Waals surface area contributed by atoms with E-state index in [1.807, 2.05) is 12.2 Å². The molecule has 0 aliphatic carbocycles. The van der Waals surface area contributed by atoms with Crippen molar-refractivity contribution < 1.29 is 0 Å². The van der Waals surface area contributed by atoms with Gasteiger partial charge in [-0.2, -0.15) is 4.99 Å². The highest BCUT2D eigenvalue weighted by Gasteiger charge is 2.00. The van der Waals surface area contributed by atoms with Crippen molar-refractivity contribution in [2.45, 2.75) is 6.92 Å². The molecule has 0 amide bonds. The van der Waals surface area contributed by atoms with Crippen LogP contribution in [-0.4, -0.2) is 5.87 Å². The summed E-state index contributed by atoms with van der Waals surface area (Å²) in [7, 11) is 0. The summed E-state index contributed by atoms with van der Waals surface area (Å²) in [6.45, 7) is 2.06. The highest BCUT2D eigenvalue weighted by molar-refractivity contribution is 14.1. The summed E-state index contributed by atoms with van der Waals surface area (Å²) in [5.74, 6) is 2.81. The Morgan fingerprint density at radius 3 is 2.90 bits per heavy atom. The lowest BCUT2D eigenvalue weighted by molar-refractivity contribution is 1.43. The summed E-state index contributed by atoms with van der Waals surface area (Å²) in [6.07, 6.45) is 3.84. The lowest BCUT2D eigenvalue weighted by Gasteiger charge is -1.96. The minimum Gasteiger partial charge on any atom is -0.199 e. The smallest absolute Gasteiger partial charge is 0.115 e. The van der Waals surface area contributed by atoms with E-state index in [0.29, 0.717) is 0 Å². The number of nitrogens with zero attached hydrogens (tertiary/aromatic N) is 1. The van der Waals surface area contributed by atoms with Gasteiger partial charge in [0.2, 0.25) is 0 Å². The SMILES string of the molecule is CC1=C(I)N=C=CC=C1I. The molecule has 0 fully saturated rings. The number of aliphatic imine (C=N–C) groups is 1. The first kappa shape index (κ1) is 8.49. The molecule has 0 saturated heterocycles. The van der Waals surface area contributed by atoms with E-state index in [9.17, 15) is 0 Å². The van der Waals surface area contributed by atoms with Crippen LogP contribution in [-0.2, 0) is 0 Å². The largest absolute Gasteiger partial charge is 0.199 e. The first-order valence-electron chi connectivity index (χ1n) is 2.74. The third-order valence-corrected chi connectivity index (χ3v) is 3.35. The van der Waals surface area contributed by atoms with E-state index in [1.165, 1.54) is 9.15 Å². The summed E-state index contributed by atoms with van der Waals surface area (Å²) in [4.78, 5) is 4.06. The van der Waals surface area contributed by atoms with Crippen LogP contribution in [0.25, 0.3) is 0 Å². The van der Waals surface area contributed by atoms with Gasteiger partial charge in [-0.25, -0.2) is 0 Å². The zero-order valence-electron chi connectivity index (χ0n) is 5.36. The fraction of sp³-hybridized carbons (Fsp3) is 0.143. The van der Waals surface area contributed by atoms with Gasteiger partial charge in [-0.05, 0) is 69.6 Å². The first-order chi connectivity index (χ1) is 4.72. The molecule has 52 valence electrons. The minimum absolute atomic E-state index is 1.02. The van der Waals surface area contributed by atoms with Crippen LogP contribution >= 0.6 is 45.2 Å². The fourth-order valence-electron chi connectivity index (χ4n) is 0.512. The van der Waals surface area contributed by atoms with E-state index in [2.05, 4.69) is 63.0 Å². The number of rotatable bonds is 0. The number of allylic oxidation sites excluding steroid dienone is 4. The van der Waals surface area contributed by atoms with E-state index in [4.69, 9.17) is 0 Å². The maximum atomic E-state index is 4.06. The molecule has 0 spiro atoms. The van der Waals surface area contributed by atoms with Gasteiger partial charge in [0.1, 0.15) is 3.70 Å². The van der Waals surface area contributed by atoms with Crippen LogP contribution in [0.4, 0.5) is 0 Å². The molecule has 10 heavy (non-hydrogen) atoms. The van der Waals surface area contributed by atoms with Crippen molar-refractivity contribution in [1.82, 2.24) is 0 Å². The molecule has 1 heterocycles. The van der Waals surface area contributed by atoms with Crippen LogP contribution in [0.2, 0.25) is 0 Å². The quantitative estimate of drug-likeness (QED) is 0.467. The van der Waals surface area contributed by atoms with E-state index < -0.39 is 0 Å². The zero-order valence-corrected chi connectivity index (χ0v) is 9.67. The van der Waals surface area contributed by atoms with Crippen LogP contribution in [0.1, 0.15) is 6.92 Å². The highest BCUT2D eigenvalue weighted by Crippen LogP contribution is 2.25. The van der Waals surface area contributed by atoms with Crippen molar-refractivity contribution >= 4 is 51.1 Å². The summed E-state index contributed by atoms with van der Waals surface area (Å²) < 4.78 is 2.25. The molecule has 0 N–H and O–H groups in total. The Balaban J connectivity index is 3.16. The second-order valence-corrected chi connectivity index (χ2v) is 4.02. The molecule has 0 aromatic rings. The Morgan fingerprint density at radius 1 is 1.50 bits per heavy atom. The van der Waals surface area contributed by atoms with Crippen LogP contribution in [0, 0.1) is 0 Å². The molecule has 0 saturated carbocycles. The molecule has 1 aliphatic rings. The number of halogens is 2. The second-order valence-electron chi connectivity index (χ2n) is 1.84. The van der Waals surface area contributed by atoms with Crippen molar-refractivity contribution in [2.75, 3.05) is 0 Å². The van der Waals surface area contributed by atoms with Crippen molar-refractivity contribution in [1.29, 1.82) is 0 Å². The van der Waals surface area contributed by atoms with Crippen molar-refractivity contribution in [3.8, 4) is 0 Å². The molecular weight excluding hydrogens is 352 g/mol. The first-order valence-corrected chi connectivity index (χ1v) is 4.89. The van der Waals surface area contributed by atoms with Crippen molar-refractivity contribution in [3.05, 3.63) is 25.0 Å². The minimum atomic E-state index is 1.02. The molecule has 0 aromatic heterocycles. The van der Waals surface area contributed by atoms with Gasteiger partial charge in [-0.3, -0.25) is 0 Å². The number of hydrogen-bond donors (Lipinski definition) is 0. The molecular formula is C7H5I2N. The topological polar surface area (TPSA) is 12.4 Å². The summed E-state index contributed by atoms with van der Waals surface area (Å²) >= 11 is 4.50. The van der Waals surface area contributed by atoms with Crippen LogP contribution in [0.15, 0.2) is 30.0 Å². The lowest BCUT2D eigenvalue weighted by atomic mass is 10.3. The molecule has 0 aromatic carbocycles. The fourth-order valence-corrected chi connectivity index (χ4v) is 1.89. The normalized spacial score (nSPS) is 17.3. The maximum Gasteiger partial charge on any atom is 0.115 e. The van der Waals surface area contributed by atoms with Crippen molar-refractivity contribution in [2.24, 2.45) is 4.99 Å². The van der Waals surface area contributed by atoms with Crippen LogP contribution in [0.5, 0.6) is 0 Å². The van der Waals surface area contributed by atoms with Gasteiger partial charge in [0.05, 0.1) is 0 Å². The lowest BCUT2D eigenvalue weighted by Crippen LogP contribution is -1.75. The van der Waals surface area contributed by atoms with E-state index in [1.54, 1.807) is 0 Å². The molecule has 0 bridgehead atoms. The maximum absolute atomic E-state index is 4.06. The standard InChI is InChI=1S/C7H5I2N/c1-5-6(8)3-2-4-10-7(5)9/h2-3H,1H3. The van der Waals surface area contributed by atoms with Gasteiger partial charge < -0.3 is 0 Å². The van der Waals surface area contributed by atoms with Gasteiger partial charge in [-0.15, -0.1) is 0 Å². The van der Waals surface area contributed by atoms with E-state index in [0.717, 1.165) is 3.70 Å². The second kappa shape index (κ2) is 3.69. The van der Waals surface area contributed by atoms with Crippen molar-refractivity contribution in [3.63, 3.8) is 0 Å². The summed E-state index contributed by atoms with van der Waals surface area (Å²) in [5.41, 5.74) is 1.22. The predicted molar refractivity (Wildman–Crippen MR) is 60.8 cm³/mol. The Labute approximate surface area is 87.3 Å². The average molecular weight is 357 g/mol. The Bertz CT molecular complexity index is 263. The van der Waals surface area contributed by atoms with Gasteiger partial charge >= 0.3 is 0 Å².